The van der Waals surface area contributed by atoms with Gasteiger partial charge < -0.3 is 49.8 Å². The van der Waals surface area contributed by atoms with Gasteiger partial charge in [-0.25, -0.2) is 0 Å². The van der Waals surface area contributed by atoms with Gasteiger partial charge in [-0.05, 0) is 43.2 Å². The van der Waals surface area contributed by atoms with Crippen LogP contribution in [0.2, 0.25) is 0 Å². The summed E-state index contributed by atoms with van der Waals surface area (Å²) in [6, 6.07) is 0.949. The number of phenolic OH excluding ortho intramolecular Hbond substituents is 2. The smallest absolute Gasteiger partial charge is 0.872 e. The molecule has 0 spiro atoms. The minimum Gasteiger partial charge on any atom is -0.872 e. The average molecular weight is 720 g/mol. The van der Waals surface area contributed by atoms with Crippen molar-refractivity contribution in [2.24, 2.45) is 29.6 Å². The van der Waals surface area contributed by atoms with Crippen LogP contribution in [-0.2, 0) is 23.8 Å². The molecule has 3 aliphatic rings. The molecule has 2 aromatic carbocycles. The number of carbonyl (C=O) groups excluding carboxylic acids is 3. The first-order valence-corrected chi connectivity index (χ1v) is 16.3. The molecule has 0 saturated heterocycles. The largest absolute Gasteiger partial charge is 1.00 e. The summed E-state index contributed by atoms with van der Waals surface area (Å²) in [5.41, 5.74) is -0.278. The SMILES string of the molecule is COC(=O)C1C(C)C(OC)/C=C/OC2(C)Oc3c(C)c(O)c4c(O)c(cc([O-])c4c3C2=O)NC(=O)/C(C)=C\C=C\C(C)C(O)C(C)C(O)C1C.[Na+]. The zero-order valence-corrected chi connectivity index (χ0v) is 32.6. The van der Waals surface area contributed by atoms with E-state index in [2.05, 4.69) is 5.32 Å². The van der Waals surface area contributed by atoms with Gasteiger partial charge in [0.15, 0.2) is 5.75 Å². The van der Waals surface area contributed by atoms with E-state index in [1.165, 1.54) is 53.4 Å². The topological polar surface area (TPSA) is 204 Å². The first kappa shape index (κ1) is 41.8. The van der Waals surface area contributed by atoms with E-state index in [-0.39, 0.29) is 68.5 Å². The quantitative estimate of drug-likeness (QED) is 0.168. The number of rotatable bonds is 2. The molecule has 2 aromatic rings. The average Bonchev–Trinajstić information content (AvgIpc) is 3.34. The van der Waals surface area contributed by atoms with E-state index < -0.39 is 88.6 Å². The number of ether oxygens (including phenoxy) is 4. The van der Waals surface area contributed by atoms with Crippen LogP contribution in [0.1, 0.15) is 57.5 Å². The number of benzene rings is 2. The second-order valence-electron chi connectivity index (χ2n) is 13.4. The number of ketones is 1. The third-order valence-electron chi connectivity index (χ3n) is 10.1. The Morgan fingerprint density at radius 3 is 2.22 bits per heavy atom. The van der Waals surface area contributed by atoms with Gasteiger partial charge in [0.2, 0.25) is 0 Å². The molecular formula is C37H46NNaO12. The number of carbonyl (C=O) groups is 3. The van der Waals surface area contributed by atoms with Crippen LogP contribution < -0.4 is 44.7 Å². The molecule has 9 atom stereocenters. The zero-order valence-electron chi connectivity index (χ0n) is 30.6. The molecule has 5 rings (SSSR count). The van der Waals surface area contributed by atoms with Crippen molar-refractivity contribution in [3.8, 4) is 23.0 Å². The number of aliphatic hydroxyl groups excluding tert-OH is 2. The van der Waals surface area contributed by atoms with Gasteiger partial charge >= 0.3 is 41.3 Å². The standard InChI is InChI=1S/C37H47NO12.Na/c1-16-11-10-12-17(2)35(45)38-22-15-23(39)26-27(32(22)43)31(42)21(6)33-28(26)34(44)37(7,50-33)49-14-13-24(47-8)18(3)25(36(46)48-9)19(4)30(41)20(5)29(16)40;/h10-16,18-20,24-25,29-30,39-43H,1-9H3,(H,38,45);/q;+1/p-1/b11-10+,14-13+,17-12-;. The van der Waals surface area contributed by atoms with Gasteiger partial charge in [-0.2, -0.15) is 0 Å². The van der Waals surface area contributed by atoms with E-state index >= 15 is 0 Å². The third-order valence-corrected chi connectivity index (χ3v) is 10.1. The van der Waals surface area contributed by atoms with Gasteiger partial charge in [0, 0.05) is 37.0 Å². The Morgan fingerprint density at radius 1 is 0.961 bits per heavy atom. The molecule has 0 aliphatic carbocycles. The van der Waals surface area contributed by atoms with Gasteiger partial charge in [0.1, 0.15) is 11.5 Å². The van der Waals surface area contributed by atoms with E-state index in [9.17, 15) is 39.9 Å². The number of esters is 1. The van der Waals surface area contributed by atoms with Gasteiger partial charge in [0.05, 0.1) is 54.2 Å². The number of aliphatic hydroxyl groups is 2. The molecule has 0 fully saturated rings. The van der Waals surface area contributed by atoms with Crippen LogP contribution in [0.5, 0.6) is 23.0 Å². The summed E-state index contributed by atoms with van der Waals surface area (Å²) < 4.78 is 22.5. The molecule has 0 saturated carbocycles. The predicted octanol–water partition coefficient (Wildman–Crippen LogP) is 0.984. The Hall–Kier alpha value is -3.59. The van der Waals surface area contributed by atoms with E-state index in [1.807, 2.05) is 0 Å². The van der Waals surface area contributed by atoms with Crippen LogP contribution in [0, 0.1) is 36.5 Å². The second-order valence-corrected chi connectivity index (χ2v) is 13.4. The molecule has 3 aliphatic heterocycles. The molecule has 14 heteroatoms. The fourth-order valence-electron chi connectivity index (χ4n) is 6.83. The number of nitrogens with one attached hydrogen (secondary N) is 1. The number of hydrogen-bond donors (Lipinski definition) is 5. The number of hydrogen-bond acceptors (Lipinski definition) is 12. The third kappa shape index (κ3) is 7.79. The van der Waals surface area contributed by atoms with Crippen molar-refractivity contribution in [3.05, 3.63) is 53.3 Å². The minimum absolute atomic E-state index is 0. The van der Waals surface area contributed by atoms with E-state index in [4.69, 9.17) is 18.9 Å². The first-order chi connectivity index (χ1) is 23.4. The maximum Gasteiger partial charge on any atom is 1.00 e. The molecule has 1 amide bonds. The van der Waals surface area contributed by atoms with Crippen LogP contribution in [-0.4, -0.2) is 76.4 Å². The van der Waals surface area contributed by atoms with Crippen molar-refractivity contribution in [1.82, 2.24) is 0 Å². The number of Topliss-reactive ketones (excluding diaryl/α,β-unsaturated/α-hetero) is 1. The summed E-state index contributed by atoms with van der Waals surface area (Å²) in [4.78, 5) is 40.1. The van der Waals surface area contributed by atoms with E-state index in [0.717, 1.165) is 6.07 Å². The van der Waals surface area contributed by atoms with Crippen LogP contribution in [0.3, 0.4) is 0 Å². The van der Waals surface area contributed by atoms with Gasteiger partial charge in [-0.3, -0.25) is 14.4 Å². The molecule has 51 heavy (non-hydrogen) atoms. The van der Waals surface area contributed by atoms with Crippen molar-refractivity contribution in [2.45, 2.75) is 72.6 Å². The van der Waals surface area contributed by atoms with Crippen molar-refractivity contribution >= 4 is 34.1 Å². The van der Waals surface area contributed by atoms with Crippen molar-refractivity contribution in [1.29, 1.82) is 0 Å². The van der Waals surface area contributed by atoms with Crippen LogP contribution in [0.15, 0.2) is 42.2 Å². The number of allylic oxidation sites excluding steroid dienone is 2. The minimum atomic E-state index is -2.02. The molecule has 0 aromatic heterocycles. The number of fused-ring (bicyclic) bond motifs is 14. The molecule has 5 N–H and O–H groups in total. The summed E-state index contributed by atoms with van der Waals surface area (Å²) in [6.45, 7) is 11.1. The van der Waals surface area contributed by atoms with E-state index in [0.29, 0.717) is 0 Å². The molecule has 5 bridgehead atoms. The summed E-state index contributed by atoms with van der Waals surface area (Å²) in [5.74, 6) is -9.54. The Balaban J connectivity index is 0.00000702. The Morgan fingerprint density at radius 2 is 1.61 bits per heavy atom. The van der Waals surface area contributed by atoms with Gasteiger partial charge in [-0.15, -0.1) is 0 Å². The van der Waals surface area contributed by atoms with Gasteiger partial charge in [-0.1, -0.05) is 51.7 Å². The second kappa shape index (κ2) is 16.4. The Bertz CT molecular complexity index is 1770. The number of aromatic hydroxyl groups is 2. The van der Waals surface area contributed by atoms with E-state index in [1.54, 1.807) is 39.8 Å². The summed E-state index contributed by atoms with van der Waals surface area (Å²) in [7, 11) is 2.65. The Labute approximate surface area is 319 Å². The Kier molecular flexibility index (Phi) is 13.4. The van der Waals surface area contributed by atoms with Crippen molar-refractivity contribution < 1.29 is 88.4 Å². The van der Waals surface area contributed by atoms with Crippen LogP contribution in [0.4, 0.5) is 5.69 Å². The fraction of sp³-hybridized carbons (Fsp3) is 0.486. The van der Waals surface area contributed by atoms with Crippen molar-refractivity contribution in [3.63, 3.8) is 0 Å². The van der Waals surface area contributed by atoms with Gasteiger partial charge in [0.25, 0.3) is 11.7 Å². The maximum absolute atomic E-state index is 13.9. The molecular weight excluding hydrogens is 673 g/mol. The normalized spacial score (nSPS) is 32.6. The molecule has 3 heterocycles. The molecule has 9 unspecified atom stereocenters. The fourth-order valence-corrected chi connectivity index (χ4v) is 6.83. The maximum atomic E-state index is 13.9. The van der Waals surface area contributed by atoms with Crippen LogP contribution in [0.25, 0.3) is 10.8 Å². The number of methoxy groups -OCH3 is 2. The number of amides is 1. The molecule has 0 radical (unpaired) electrons. The summed E-state index contributed by atoms with van der Waals surface area (Å²) in [6.07, 6.45) is 4.30. The summed E-state index contributed by atoms with van der Waals surface area (Å²) >= 11 is 0. The summed E-state index contributed by atoms with van der Waals surface area (Å²) in [5, 5.41) is 60.3. The first-order valence-electron chi connectivity index (χ1n) is 16.3. The van der Waals surface area contributed by atoms with Crippen LogP contribution >= 0.6 is 0 Å². The van der Waals surface area contributed by atoms with Crippen molar-refractivity contribution in [2.75, 3.05) is 19.5 Å². The number of anilines is 1. The zero-order chi connectivity index (χ0) is 37.4. The monoisotopic (exact) mass is 719 g/mol. The number of phenols is 2. The molecule has 272 valence electrons. The predicted molar refractivity (Wildman–Crippen MR) is 182 cm³/mol. The molecule has 13 nitrogen and oxygen atoms in total.